The molecule has 0 bridgehead atoms. The molecule has 0 saturated heterocycles. The standard InChI is InChI=1S/C18H25N5O/c1-3-23(4-2)16(15-9-6-5-7-10-15)17(24)19-13-14-22-18-20-11-8-12-21-18/h5-12,16H,3-4,13-14H2,1-2H3,(H,19,24)(H,20,21,22)/t16-/m1/s1. The van der Waals surface area contributed by atoms with E-state index < -0.39 is 0 Å². The number of carbonyl (C=O) groups is 1. The van der Waals surface area contributed by atoms with Crippen molar-refractivity contribution in [3.8, 4) is 0 Å². The van der Waals surface area contributed by atoms with Crippen LogP contribution in [0.25, 0.3) is 0 Å². The molecule has 1 amide bonds. The molecule has 6 nitrogen and oxygen atoms in total. The van der Waals surface area contributed by atoms with E-state index in [2.05, 4.69) is 39.3 Å². The molecule has 0 fully saturated rings. The molecule has 2 N–H and O–H groups in total. The molecule has 1 heterocycles. The Morgan fingerprint density at radius 2 is 1.71 bits per heavy atom. The number of aromatic nitrogens is 2. The molecule has 2 aromatic rings. The van der Waals surface area contributed by atoms with E-state index in [4.69, 9.17) is 0 Å². The van der Waals surface area contributed by atoms with Gasteiger partial charge in [-0.25, -0.2) is 9.97 Å². The van der Waals surface area contributed by atoms with Crippen molar-refractivity contribution in [1.29, 1.82) is 0 Å². The number of likely N-dealkylation sites (N-methyl/N-ethyl adjacent to an activating group) is 1. The maximum Gasteiger partial charge on any atom is 0.242 e. The minimum atomic E-state index is -0.269. The zero-order chi connectivity index (χ0) is 17.2. The Balaban J connectivity index is 1.93. The van der Waals surface area contributed by atoms with Gasteiger partial charge in [-0.1, -0.05) is 44.2 Å². The molecule has 0 aliphatic heterocycles. The topological polar surface area (TPSA) is 70.2 Å². The summed E-state index contributed by atoms with van der Waals surface area (Å²) >= 11 is 0. The molecule has 0 radical (unpaired) electrons. The molecular formula is C18H25N5O. The Kier molecular flexibility index (Phi) is 7.17. The summed E-state index contributed by atoms with van der Waals surface area (Å²) in [7, 11) is 0. The van der Waals surface area contributed by atoms with Crippen molar-refractivity contribution in [2.45, 2.75) is 19.9 Å². The number of anilines is 1. The van der Waals surface area contributed by atoms with E-state index in [9.17, 15) is 4.79 Å². The van der Waals surface area contributed by atoms with Crippen LogP contribution in [-0.4, -0.2) is 47.0 Å². The maximum atomic E-state index is 12.7. The van der Waals surface area contributed by atoms with Crippen LogP contribution in [0.4, 0.5) is 5.95 Å². The predicted octanol–water partition coefficient (Wildman–Crippen LogP) is 2.09. The van der Waals surface area contributed by atoms with E-state index in [0.717, 1.165) is 18.7 Å². The van der Waals surface area contributed by atoms with Crippen LogP contribution >= 0.6 is 0 Å². The van der Waals surface area contributed by atoms with Gasteiger partial charge in [-0.2, -0.15) is 0 Å². The number of benzene rings is 1. The molecule has 0 aliphatic rings. The number of nitrogens with zero attached hydrogens (tertiary/aromatic N) is 3. The summed E-state index contributed by atoms with van der Waals surface area (Å²) in [5, 5.41) is 6.09. The van der Waals surface area contributed by atoms with Gasteiger partial charge in [0.25, 0.3) is 0 Å². The molecule has 0 spiro atoms. The summed E-state index contributed by atoms with van der Waals surface area (Å²) in [6, 6.07) is 11.4. The smallest absolute Gasteiger partial charge is 0.242 e. The van der Waals surface area contributed by atoms with E-state index in [1.165, 1.54) is 0 Å². The predicted molar refractivity (Wildman–Crippen MR) is 95.6 cm³/mol. The molecule has 2 rings (SSSR count). The largest absolute Gasteiger partial charge is 0.353 e. The molecule has 1 aromatic heterocycles. The lowest BCUT2D eigenvalue weighted by Crippen LogP contribution is -2.41. The van der Waals surface area contributed by atoms with Gasteiger partial charge in [-0.15, -0.1) is 0 Å². The Hall–Kier alpha value is -2.47. The van der Waals surface area contributed by atoms with E-state index in [1.807, 2.05) is 30.3 Å². The summed E-state index contributed by atoms with van der Waals surface area (Å²) in [6.07, 6.45) is 3.36. The third-order valence-corrected chi connectivity index (χ3v) is 3.81. The zero-order valence-electron chi connectivity index (χ0n) is 14.3. The summed E-state index contributed by atoms with van der Waals surface area (Å²) in [4.78, 5) is 23.0. The molecule has 0 unspecified atom stereocenters. The average Bonchev–Trinajstić information content (AvgIpc) is 2.64. The first-order valence-corrected chi connectivity index (χ1v) is 8.33. The summed E-state index contributed by atoms with van der Waals surface area (Å²) < 4.78 is 0. The number of amides is 1. The molecular weight excluding hydrogens is 302 g/mol. The third kappa shape index (κ3) is 5.03. The van der Waals surface area contributed by atoms with Gasteiger partial charge in [0.2, 0.25) is 11.9 Å². The quantitative estimate of drug-likeness (QED) is 0.690. The number of nitrogens with one attached hydrogen (secondary N) is 2. The summed E-state index contributed by atoms with van der Waals surface area (Å²) in [5.74, 6) is 0.579. The Morgan fingerprint density at radius 3 is 2.33 bits per heavy atom. The number of carbonyl (C=O) groups excluding carboxylic acids is 1. The van der Waals surface area contributed by atoms with E-state index in [1.54, 1.807) is 18.5 Å². The lowest BCUT2D eigenvalue weighted by Gasteiger charge is -2.29. The maximum absolute atomic E-state index is 12.7. The van der Waals surface area contributed by atoms with Gasteiger partial charge in [-0.3, -0.25) is 9.69 Å². The molecule has 6 heteroatoms. The minimum Gasteiger partial charge on any atom is -0.353 e. The molecule has 24 heavy (non-hydrogen) atoms. The molecule has 1 aromatic carbocycles. The van der Waals surface area contributed by atoms with Crippen molar-refractivity contribution in [2.75, 3.05) is 31.5 Å². The number of hydrogen-bond donors (Lipinski definition) is 2. The highest BCUT2D eigenvalue weighted by atomic mass is 16.2. The summed E-state index contributed by atoms with van der Waals surface area (Å²) in [5.41, 5.74) is 1.01. The van der Waals surface area contributed by atoms with Crippen LogP contribution in [0.3, 0.4) is 0 Å². The van der Waals surface area contributed by atoms with Crippen molar-refractivity contribution < 1.29 is 4.79 Å². The normalized spacial score (nSPS) is 12.0. The second kappa shape index (κ2) is 9.62. The van der Waals surface area contributed by atoms with Gasteiger partial charge in [-0.05, 0) is 24.7 Å². The van der Waals surface area contributed by atoms with Crippen LogP contribution in [0.5, 0.6) is 0 Å². The molecule has 0 saturated carbocycles. The van der Waals surface area contributed by atoms with Crippen molar-refractivity contribution >= 4 is 11.9 Å². The van der Waals surface area contributed by atoms with Gasteiger partial charge in [0.1, 0.15) is 6.04 Å². The fourth-order valence-electron chi connectivity index (χ4n) is 2.60. The van der Waals surface area contributed by atoms with Crippen molar-refractivity contribution in [3.63, 3.8) is 0 Å². The first-order chi connectivity index (χ1) is 11.8. The van der Waals surface area contributed by atoms with Gasteiger partial charge < -0.3 is 10.6 Å². The second-order valence-electron chi connectivity index (χ2n) is 5.32. The Morgan fingerprint density at radius 1 is 1.04 bits per heavy atom. The molecule has 128 valence electrons. The zero-order valence-corrected chi connectivity index (χ0v) is 14.3. The van der Waals surface area contributed by atoms with Crippen LogP contribution in [0.15, 0.2) is 48.8 Å². The van der Waals surface area contributed by atoms with Crippen molar-refractivity contribution in [1.82, 2.24) is 20.2 Å². The van der Waals surface area contributed by atoms with E-state index in [-0.39, 0.29) is 11.9 Å². The number of rotatable bonds is 9. The van der Waals surface area contributed by atoms with Crippen molar-refractivity contribution in [3.05, 3.63) is 54.4 Å². The van der Waals surface area contributed by atoms with Crippen LogP contribution < -0.4 is 10.6 Å². The highest BCUT2D eigenvalue weighted by Gasteiger charge is 2.25. The summed E-state index contributed by atoms with van der Waals surface area (Å²) in [6.45, 7) is 6.87. The van der Waals surface area contributed by atoms with Gasteiger partial charge in [0.15, 0.2) is 0 Å². The monoisotopic (exact) mass is 327 g/mol. The first kappa shape index (κ1) is 17.9. The van der Waals surface area contributed by atoms with Crippen LogP contribution in [0.2, 0.25) is 0 Å². The second-order valence-corrected chi connectivity index (χ2v) is 5.32. The molecule has 0 aliphatic carbocycles. The Labute approximate surface area is 143 Å². The molecule has 1 atom stereocenters. The third-order valence-electron chi connectivity index (χ3n) is 3.81. The fourth-order valence-corrected chi connectivity index (χ4v) is 2.60. The van der Waals surface area contributed by atoms with Gasteiger partial charge in [0, 0.05) is 25.5 Å². The lowest BCUT2D eigenvalue weighted by atomic mass is 10.0. The van der Waals surface area contributed by atoms with Crippen LogP contribution in [0.1, 0.15) is 25.5 Å². The lowest BCUT2D eigenvalue weighted by molar-refractivity contribution is -0.126. The van der Waals surface area contributed by atoms with Crippen LogP contribution in [0, 0.1) is 0 Å². The Bertz CT molecular complexity index is 601. The highest BCUT2D eigenvalue weighted by Crippen LogP contribution is 2.20. The average molecular weight is 327 g/mol. The van der Waals surface area contributed by atoms with Crippen LogP contribution in [-0.2, 0) is 4.79 Å². The van der Waals surface area contributed by atoms with Gasteiger partial charge in [0.05, 0.1) is 0 Å². The van der Waals surface area contributed by atoms with Crippen molar-refractivity contribution in [2.24, 2.45) is 0 Å². The highest BCUT2D eigenvalue weighted by molar-refractivity contribution is 5.83. The number of hydrogen-bond acceptors (Lipinski definition) is 5. The van der Waals surface area contributed by atoms with E-state index in [0.29, 0.717) is 19.0 Å². The fraction of sp³-hybridized carbons (Fsp3) is 0.389. The van der Waals surface area contributed by atoms with E-state index >= 15 is 0 Å². The minimum absolute atomic E-state index is 0.0145. The first-order valence-electron chi connectivity index (χ1n) is 8.33. The SMILES string of the molecule is CCN(CC)[C@@H](C(=O)NCCNc1ncccn1)c1ccccc1. The van der Waals surface area contributed by atoms with Gasteiger partial charge >= 0.3 is 0 Å².